The van der Waals surface area contributed by atoms with Gasteiger partial charge in [-0.25, -0.2) is 8.78 Å². The van der Waals surface area contributed by atoms with Crippen molar-refractivity contribution < 1.29 is 13.5 Å². The van der Waals surface area contributed by atoms with Crippen molar-refractivity contribution in [3.05, 3.63) is 34.7 Å². The molecule has 2 rings (SSSR count). The third-order valence-corrected chi connectivity index (χ3v) is 4.26. The van der Waals surface area contributed by atoms with Crippen LogP contribution in [-0.2, 0) is 17.9 Å². The maximum Gasteiger partial charge on any atom is 0.261 e. The standard InChI is InChI=1S/C16H21F2NOS/c1-16(2,3)19-8-14-12(9-20-10-15(17)18)11-6-4-5-7-13(11)21-14/h4-7,15,19H,8-10H2,1-3H3. The number of nitrogens with one attached hydrogen (secondary N) is 1. The fraction of sp³-hybridized carbons (Fsp3) is 0.500. The van der Waals surface area contributed by atoms with Crippen LogP contribution in [0, 0.1) is 0 Å². The summed E-state index contributed by atoms with van der Waals surface area (Å²) >= 11 is 1.69. The van der Waals surface area contributed by atoms with E-state index in [2.05, 4.69) is 32.2 Å². The zero-order chi connectivity index (χ0) is 15.5. The summed E-state index contributed by atoms with van der Waals surface area (Å²) in [6.07, 6.45) is -2.42. The first-order valence-corrected chi connectivity index (χ1v) is 7.78. The van der Waals surface area contributed by atoms with Crippen LogP contribution in [0.5, 0.6) is 0 Å². The van der Waals surface area contributed by atoms with Gasteiger partial charge in [0.25, 0.3) is 6.43 Å². The van der Waals surface area contributed by atoms with Crippen molar-refractivity contribution in [2.45, 2.75) is 45.9 Å². The molecule has 21 heavy (non-hydrogen) atoms. The number of thiophene rings is 1. The average Bonchev–Trinajstić information content (AvgIpc) is 2.74. The van der Waals surface area contributed by atoms with Gasteiger partial charge in [-0.1, -0.05) is 18.2 Å². The van der Waals surface area contributed by atoms with Gasteiger partial charge in [-0.3, -0.25) is 0 Å². The third kappa shape index (κ3) is 4.73. The molecule has 1 heterocycles. The lowest BCUT2D eigenvalue weighted by Gasteiger charge is -2.20. The normalized spacial score (nSPS) is 12.5. The van der Waals surface area contributed by atoms with Crippen LogP contribution < -0.4 is 5.32 Å². The summed E-state index contributed by atoms with van der Waals surface area (Å²) in [6.45, 7) is 6.75. The SMILES string of the molecule is CC(C)(C)NCc1sc2ccccc2c1COCC(F)F. The predicted molar refractivity (Wildman–Crippen MR) is 84.1 cm³/mol. The van der Waals surface area contributed by atoms with Gasteiger partial charge in [-0.05, 0) is 32.2 Å². The Morgan fingerprint density at radius 2 is 1.95 bits per heavy atom. The minimum Gasteiger partial charge on any atom is -0.371 e. The largest absolute Gasteiger partial charge is 0.371 e. The van der Waals surface area contributed by atoms with E-state index < -0.39 is 13.0 Å². The van der Waals surface area contributed by atoms with E-state index in [4.69, 9.17) is 4.74 Å². The van der Waals surface area contributed by atoms with E-state index in [-0.39, 0.29) is 12.1 Å². The van der Waals surface area contributed by atoms with Crippen molar-refractivity contribution in [2.24, 2.45) is 0 Å². The highest BCUT2D eigenvalue weighted by molar-refractivity contribution is 7.19. The maximum atomic E-state index is 12.2. The van der Waals surface area contributed by atoms with Crippen LogP contribution in [0.3, 0.4) is 0 Å². The quantitative estimate of drug-likeness (QED) is 0.843. The van der Waals surface area contributed by atoms with Gasteiger partial charge in [0.05, 0.1) is 6.61 Å². The van der Waals surface area contributed by atoms with Crippen LogP contribution in [0.25, 0.3) is 10.1 Å². The molecule has 0 aliphatic rings. The minimum absolute atomic E-state index is 0.0112. The Bertz CT molecular complexity index is 589. The van der Waals surface area contributed by atoms with Crippen LogP contribution in [0.1, 0.15) is 31.2 Å². The summed E-state index contributed by atoms with van der Waals surface area (Å²) in [5.41, 5.74) is 1.03. The van der Waals surface area contributed by atoms with Crippen molar-refractivity contribution in [3.63, 3.8) is 0 Å². The van der Waals surface area contributed by atoms with Gasteiger partial charge < -0.3 is 10.1 Å². The number of ether oxygens (including phenoxy) is 1. The Balaban J connectivity index is 2.21. The number of hydrogen-bond acceptors (Lipinski definition) is 3. The molecule has 1 aromatic carbocycles. The molecule has 0 saturated carbocycles. The van der Waals surface area contributed by atoms with Crippen LogP contribution in [0.15, 0.2) is 24.3 Å². The van der Waals surface area contributed by atoms with Crippen LogP contribution in [0.4, 0.5) is 8.78 Å². The number of rotatable bonds is 6. The van der Waals surface area contributed by atoms with Crippen molar-refractivity contribution >= 4 is 21.4 Å². The third-order valence-electron chi connectivity index (χ3n) is 3.05. The van der Waals surface area contributed by atoms with Crippen LogP contribution in [0.2, 0.25) is 0 Å². The first-order valence-electron chi connectivity index (χ1n) is 6.97. The van der Waals surface area contributed by atoms with Crippen LogP contribution >= 0.6 is 11.3 Å². The summed E-state index contributed by atoms with van der Waals surface area (Å²) in [5.74, 6) is 0. The van der Waals surface area contributed by atoms with Crippen molar-refractivity contribution in [2.75, 3.05) is 6.61 Å². The number of fused-ring (bicyclic) bond motifs is 1. The smallest absolute Gasteiger partial charge is 0.261 e. The molecule has 116 valence electrons. The molecule has 0 fully saturated rings. The lowest BCUT2D eigenvalue weighted by molar-refractivity contribution is 0.0101. The molecule has 0 bridgehead atoms. The Morgan fingerprint density at radius 3 is 2.62 bits per heavy atom. The summed E-state index contributed by atoms with van der Waals surface area (Å²) < 4.78 is 30.8. The zero-order valence-corrected chi connectivity index (χ0v) is 13.4. The molecule has 0 saturated heterocycles. The lowest BCUT2D eigenvalue weighted by Crippen LogP contribution is -2.35. The highest BCUT2D eigenvalue weighted by atomic mass is 32.1. The fourth-order valence-corrected chi connectivity index (χ4v) is 3.20. The van der Waals surface area contributed by atoms with Gasteiger partial charge in [0.1, 0.15) is 6.61 Å². The van der Waals surface area contributed by atoms with E-state index in [0.717, 1.165) is 22.4 Å². The number of hydrogen-bond donors (Lipinski definition) is 1. The molecule has 0 unspecified atom stereocenters. The molecule has 1 aromatic heterocycles. The summed E-state index contributed by atoms with van der Waals surface area (Å²) in [4.78, 5) is 1.15. The highest BCUT2D eigenvalue weighted by Crippen LogP contribution is 2.32. The number of alkyl halides is 2. The maximum absolute atomic E-state index is 12.2. The van der Waals surface area contributed by atoms with Crippen molar-refractivity contribution in [1.29, 1.82) is 0 Å². The summed E-state index contributed by atoms with van der Waals surface area (Å²) in [6, 6.07) is 8.03. The fourth-order valence-electron chi connectivity index (χ4n) is 2.05. The summed E-state index contributed by atoms with van der Waals surface area (Å²) in [5, 5.41) is 4.54. The van der Waals surface area contributed by atoms with E-state index >= 15 is 0 Å². The zero-order valence-electron chi connectivity index (χ0n) is 12.6. The monoisotopic (exact) mass is 313 g/mol. The van der Waals surface area contributed by atoms with Gasteiger partial charge in [0.2, 0.25) is 0 Å². The lowest BCUT2D eigenvalue weighted by atomic mass is 10.1. The molecule has 0 amide bonds. The van der Waals surface area contributed by atoms with E-state index in [1.807, 2.05) is 18.2 Å². The second-order valence-electron chi connectivity index (χ2n) is 6.01. The molecule has 5 heteroatoms. The molecule has 0 spiro atoms. The van der Waals surface area contributed by atoms with Gasteiger partial charge in [0.15, 0.2) is 0 Å². The second-order valence-corrected chi connectivity index (χ2v) is 7.15. The second kappa shape index (κ2) is 6.81. The molecule has 0 radical (unpaired) electrons. The van der Waals surface area contributed by atoms with Gasteiger partial charge in [0, 0.05) is 27.2 Å². The van der Waals surface area contributed by atoms with E-state index in [0.29, 0.717) is 0 Å². The first kappa shape index (κ1) is 16.3. The molecule has 0 aliphatic carbocycles. The number of halogens is 2. The van der Waals surface area contributed by atoms with Gasteiger partial charge in [-0.15, -0.1) is 11.3 Å². The van der Waals surface area contributed by atoms with Gasteiger partial charge >= 0.3 is 0 Å². The Morgan fingerprint density at radius 1 is 1.24 bits per heavy atom. The van der Waals surface area contributed by atoms with E-state index in [9.17, 15) is 8.78 Å². The first-order chi connectivity index (χ1) is 9.87. The van der Waals surface area contributed by atoms with Gasteiger partial charge in [-0.2, -0.15) is 0 Å². The minimum atomic E-state index is -2.42. The summed E-state index contributed by atoms with van der Waals surface area (Å²) in [7, 11) is 0. The average molecular weight is 313 g/mol. The Hall–Kier alpha value is -1.04. The van der Waals surface area contributed by atoms with Crippen molar-refractivity contribution in [3.8, 4) is 0 Å². The molecule has 1 N–H and O–H groups in total. The molecule has 2 nitrogen and oxygen atoms in total. The van der Waals surface area contributed by atoms with E-state index in [1.54, 1.807) is 11.3 Å². The Kier molecular flexibility index (Phi) is 5.30. The van der Waals surface area contributed by atoms with Crippen LogP contribution in [-0.4, -0.2) is 18.6 Å². The number of benzene rings is 1. The molecule has 2 aromatic rings. The molecule has 0 atom stereocenters. The highest BCUT2D eigenvalue weighted by Gasteiger charge is 2.15. The molecular weight excluding hydrogens is 292 g/mol. The van der Waals surface area contributed by atoms with E-state index in [1.165, 1.54) is 4.70 Å². The topological polar surface area (TPSA) is 21.3 Å². The molecular formula is C16H21F2NOS. The Labute approximate surface area is 128 Å². The molecule has 0 aliphatic heterocycles. The van der Waals surface area contributed by atoms with Crippen molar-refractivity contribution in [1.82, 2.24) is 5.32 Å². The predicted octanol–water partition coefficient (Wildman–Crippen LogP) is 4.57.